The molecule has 0 heterocycles. The lowest BCUT2D eigenvalue weighted by atomic mass is 9.78. The molecule has 0 amide bonds. The number of aliphatic carboxylic acids is 1. The van der Waals surface area contributed by atoms with Gasteiger partial charge in [-0.3, -0.25) is 4.79 Å². The molecule has 1 aliphatic rings. The molecule has 2 nitrogen and oxygen atoms in total. The van der Waals surface area contributed by atoms with Gasteiger partial charge < -0.3 is 5.11 Å². The molecule has 2 heteroatoms. The molecular formula is C18H18O2. The maximum atomic E-state index is 11.7. The van der Waals surface area contributed by atoms with Gasteiger partial charge in [0, 0.05) is 0 Å². The molecule has 102 valence electrons. The smallest absolute Gasteiger partial charge is 0.314 e. The highest BCUT2D eigenvalue weighted by atomic mass is 16.4. The second-order valence-electron chi connectivity index (χ2n) is 5.54. The van der Waals surface area contributed by atoms with Gasteiger partial charge in [0.1, 0.15) is 0 Å². The molecule has 1 aliphatic carbocycles. The Balaban J connectivity index is 1.95. The molecule has 0 aromatic heterocycles. The first-order chi connectivity index (χ1) is 9.72. The summed E-state index contributed by atoms with van der Waals surface area (Å²) < 4.78 is 0. The first kappa shape index (κ1) is 12.9. The van der Waals surface area contributed by atoms with Crippen molar-refractivity contribution in [2.45, 2.75) is 31.1 Å². The van der Waals surface area contributed by atoms with Gasteiger partial charge >= 0.3 is 5.97 Å². The van der Waals surface area contributed by atoms with Crippen LogP contribution in [-0.4, -0.2) is 11.1 Å². The van der Waals surface area contributed by atoms with Crippen LogP contribution in [0.3, 0.4) is 0 Å². The molecule has 1 saturated carbocycles. The first-order valence-corrected chi connectivity index (χ1v) is 7.12. The van der Waals surface area contributed by atoms with Crippen molar-refractivity contribution in [2.75, 3.05) is 0 Å². The molecule has 1 N–H and O–H groups in total. The van der Waals surface area contributed by atoms with Crippen LogP contribution in [0.5, 0.6) is 0 Å². The molecule has 0 spiro atoms. The van der Waals surface area contributed by atoms with Crippen molar-refractivity contribution in [2.24, 2.45) is 0 Å². The van der Waals surface area contributed by atoms with E-state index in [1.165, 1.54) is 0 Å². The summed E-state index contributed by atoms with van der Waals surface area (Å²) in [5.74, 6) is -0.678. The second kappa shape index (κ2) is 5.12. The van der Waals surface area contributed by atoms with E-state index in [1.807, 2.05) is 42.5 Å². The Morgan fingerprint density at radius 1 is 0.850 bits per heavy atom. The van der Waals surface area contributed by atoms with Crippen LogP contribution in [0.1, 0.15) is 31.2 Å². The van der Waals surface area contributed by atoms with Gasteiger partial charge in [-0.1, -0.05) is 67.4 Å². The number of carboxylic acid groups (broad SMARTS) is 1. The largest absolute Gasteiger partial charge is 0.481 e. The minimum absolute atomic E-state index is 0.658. The fourth-order valence-corrected chi connectivity index (χ4v) is 3.22. The predicted molar refractivity (Wildman–Crippen MR) is 79.7 cm³/mol. The lowest BCUT2D eigenvalue weighted by molar-refractivity contribution is -0.143. The summed E-state index contributed by atoms with van der Waals surface area (Å²) in [6, 6.07) is 18.2. The lowest BCUT2D eigenvalue weighted by Crippen LogP contribution is -2.32. The standard InChI is InChI=1S/C18H18O2/c19-17(20)18(12-4-5-13-18)16-10-8-15(9-11-16)14-6-2-1-3-7-14/h1-3,6-11H,4-5,12-13H2,(H,19,20). The van der Waals surface area contributed by atoms with E-state index in [2.05, 4.69) is 12.1 Å². The molecule has 2 aromatic carbocycles. The monoisotopic (exact) mass is 266 g/mol. The van der Waals surface area contributed by atoms with Gasteiger partial charge in [-0.2, -0.15) is 0 Å². The average Bonchev–Trinajstić information content (AvgIpc) is 2.99. The van der Waals surface area contributed by atoms with Gasteiger partial charge in [0.2, 0.25) is 0 Å². The summed E-state index contributed by atoms with van der Waals surface area (Å²) in [6.07, 6.45) is 3.53. The zero-order valence-electron chi connectivity index (χ0n) is 11.4. The molecule has 2 aromatic rings. The maximum Gasteiger partial charge on any atom is 0.314 e. The van der Waals surface area contributed by atoms with Crippen LogP contribution in [0.2, 0.25) is 0 Å². The first-order valence-electron chi connectivity index (χ1n) is 7.12. The Hall–Kier alpha value is -2.09. The summed E-state index contributed by atoms with van der Waals surface area (Å²) in [5.41, 5.74) is 2.58. The van der Waals surface area contributed by atoms with Crippen molar-refractivity contribution in [3.8, 4) is 11.1 Å². The van der Waals surface area contributed by atoms with E-state index >= 15 is 0 Å². The maximum absolute atomic E-state index is 11.7. The van der Waals surface area contributed by atoms with E-state index in [0.717, 1.165) is 42.4 Å². The molecule has 3 rings (SSSR count). The van der Waals surface area contributed by atoms with Gasteiger partial charge in [0.05, 0.1) is 5.41 Å². The minimum Gasteiger partial charge on any atom is -0.481 e. The molecule has 0 aliphatic heterocycles. The minimum atomic E-state index is -0.678. The summed E-state index contributed by atoms with van der Waals surface area (Å²) in [4.78, 5) is 11.7. The highest BCUT2D eigenvalue weighted by Crippen LogP contribution is 2.41. The Kier molecular flexibility index (Phi) is 3.31. The predicted octanol–water partition coefficient (Wildman–Crippen LogP) is 4.25. The molecule has 0 radical (unpaired) electrons. The number of hydrogen-bond acceptors (Lipinski definition) is 1. The average molecular weight is 266 g/mol. The number of carbonyl (C=O) groups is 1. The van der Waals surface area contributed by atoms with E-state index < -0.39 is 11.4 Å². The summed E-state index contributed by atoms with van der Waals surface area (Å²) in [5, 5.41) is 9.60. The normalized spacial score (nSPS) is 17.0. The number of carboxylic acids is 1. The number of rotatable bonds is 3. The second-order valence-corrected chi connectivity index (χ2v) is 5.54. The molecule has 0 bridgehead atoms. The van der Waals surface area contributed by atoms with Gasteiger partial charge in [-0.05, 0) is 29.5 Å². The van der Waals surface area contributed by atoms with E-state index in [1.54, 1.807) is 0 Å². The quantitative estimate of drug-likeness (QED) is 0.901. The van der Waals surface area contributed by atoms with Gasteiger partial charge in [-0.15, -0.1) is 0 Å². The van der Waals surface area contributed by atoms with E-state index in [-0.39, 0.29) is 0 Å². The van der Waals surface area contributed by atoms with Crippen LogP contribution in [0.4, 0.5) is 0 Å². The SMILES string of the molecule is O=C(O)C1(c2ccc(-c3ccccc3)cc2)CCCC1. The third-order valence-electron chi connectivity index (χ3n) is 4.41. The highest BCUT2D eigenvalue weighted by Gasteiger charge is 2.42. The van der Waals surface area contributed by atoms with E-state index in [0.29, 0.717) is 0 Å². The van der Waals surface area contributed by atoms with Crippen LogP contribution in [0.25, 0.3) is 11.1 Å². The van der Waals surface area contributed by atoms with Crippen molar-refractivity contribution in [1.29, 1.82) is 0 Å². The van der Waals surface area contributed by atoms with Crippen LogP contribution in [-0.2, 0) is 10.2 Å². The van der Waals surface area contributed by atoms with Gasteiger partial charge in [-0.25, -0.2) is 0 Å². The molecule has 1 fully saturated rings. The fraction of sp³-hybridized carbons (Fsp3) is 0.278. The van der Waals surface area contributed by atoms with Crippen LogP contribution < -0.4 is 0 Å². The molecule has 0 atom stereocenters. The van der Waals surface area contributed by atoms with Crippen molar-refractivity contribution < 1.29 is 9.90 Å². The lowest BCUT2D eigenvalue weighted by Gasteiger charge is -2.24. The van der Waals surface area contributed by atoms with Crippen molar-refractivity contribution >= 4 is 5.97 Å². The van der Waals surface area contributed by atoms with Crippen LogP contribution >= 0.6 is 0 Å². The topological polar surface area (TPSA) is 37.3 Å². The van der Waals surface area contributed by atoms with Crippen molar-refractivity contribution in [3.63, 3.8) is 0 Å². The molecule has 20 heavy (non-hydrogen) atoms. The summed E-state index contributed by atoms with van der Waals surface area (Å²) in [7, 11) is 0. The Morgan fingerprint density at radius 2 is 1.40 bits per heavy atom. The Bertz CT molecular complexity index is 593. The van der Waals surface area contributed by atoms with Crippen molar-refractivity contribution in [3.05, 3.63) is 60.2 Å². The van der Waals surface area contributed by atoms with Crippen LogP contribution in [0.15, 0.2) is 54.6 Å². The molecular weight excluding hydrogens is 248 g/mol. The van der Waals surface area contributed by atoms with Crippen LogP contribution in [0, 0.1) is 0 Å². The zero-order valence-corrected chi connectivity index (χ0v) is 11.4. The third kappa shape index (κ3) is 2.11. The third-order valence-corrected chi connectivity index (χ3v) is 4.41. The number of benzene rings is 2. The summed E-state index contributed by atoms with van der Waals surface area (Å²) >= 11 is 0. The Labute approximate surface area is 119 Å². The van der Waals surface area contributed by atoms with Gasteiger partial charge in [0.25, 0.3) is 0 Å². The van der Waals surface area contributed by atoms with E-state index in [9.17, 15) is 9.90 Å². The zero-order chi connectivity index (χ0) is 14.0. The van der Waals surface area contributed by atoms with E-state index in [4.69, 9.17) is 0 Å². The fourth-order valence-electron chi connectivity index (χ4n) is 3.22. The van der Waals surface area contributed by atoms with Crippen molar-refractivity contribution in [1.82, 2.24) is 0 Å². The highest BCUT2D eigenvalue weighted by molar-refractivity contribution is 5.82. The molecule has 0 saturated heterocycles. The Morgan fingerprint density at radius 3 is 1.95 bits per heavy atom. The number of hydrogen-bond donors (Lipinski definition) is 1. The van der Waals surface area contributed by atoms with Gasteiger partial charge in [0.15, 0.2) is 0 Å². The summed E-state index contributed by atoms with van der Waals surface area (Å²) in [6.45, 7) is 0. The molecule has 0 unspecified atom stereocenters.